The van der Waals surface area contributed by atoms with Crippen molar-refractivity contribution in [2.24, 2.45) is 0 Å². The highest BCUT2D eigenvalue weighted by molar-refractivity contribution is 6.63. The first-order valence-electron chi connectivity index (χ1n) is 13.0. The number of rotatable bonds is 10. The van der Waals surface area contributed by atoms with Crippen molar-refractivity contribution in [2.75, 3.05) is 38.7 Å². The van der Waals surface area contributed by atoms with Gasteiger partial charge in [0, 0.05) is 44.5 Å². The van der Waals surface area contributed by atoms with Crippen LogP contribution in [0.1, 0.15) is 27.0 Å². The first kappa shape index (κ1) is 31.2. The van der Waals surface area contributed by atoms with Gasteiger partial charge in [0.2, 0.25) is 5.91 Å². The largest absolute Gasteiger partial charge is 0.381 e. The molecule has 0 spiro atoms. The molecule has 2 aromatic carbocycles. The molecule has 1 unspecified atom stereocenters. The fraction of sp³-hybridized carbons (Fsp3) is 0.423. The highest BCUT2D eigenvalue weighted by Gasteiger charge is 2.61. The van der Waals surface area contributed by atoms with E-state index in [2.05, 4.69) is 27.7 Å². The van der Waals surface area contributed by atoms with Crippen LogP contribution in [0.25, 0.3) is 0 Å². The summed E-state index contributed by atoms with van der Waals surface area (Å²) < 4.78 is 5.41. The molecule has 2 aliphatic rings. The van der Waals surface area contributed by atoms with E-state index in [1.165, 1.54) is 18.7 Å². The number of morpholine rings is 1. The molecule has 15 heteroatoms. The predicted octanol–water partition coefficient (Wildman–Crippen LogP) is -1.25. The third kappa shape index (κ3) is 5.31. The Morgan fingerprint density at radius 1 is 1.02 bits per heavy atom. The fourth-order valence-electron chi connectivity index (χ4n) is 5.23. The molecule has 0 saturated carbocycles. The number of likely N-dealkylation sites (N-methyl/N-ethyl adjacent to an activating group) is 1. The second-order valence-corrected chi connectivity index (χ2v) is 10.5. The second kappa shape index (κ2) is 11.5. The molecule has 0 bridgehead atoms. The van der Waals surface area contributed by atoms with Gasteiger partial charge in [-0.15, -0.1) is 0 Å². The van der Waals surface area contributed by atoms with Crippen LogP contribution in [-0.2, 0) is 32.8 Å². The smallest absolute Gasteiger partial charge is 0.253 e. The Hall–Kier alpha value is -2.78. The summed E-state index contributed by atoms with van der Waals surface area (Å²) >= 11 is 0. The second-order valence-electron chi connectivity index (χ2n) is 10.5. The molecule has 1 fully saturated rings. The predicted molar refractivity (Wildman–Crippen MR) is 163 cm³/mol. The van der Waals surface area contributed by atoms with Crippen molar-refractivity contribution >= 4 is 78.7 Å². The van der Waals surface area contributed by atoms with Crippen molar-refractivity contribution in [3.8, 4) is 0 Å². The lowest BCUT2D eigenvalue weighted by Crippen LogP contribution is -2.73. The van der Waals surface area contributed by atoms with Crippen LogP contribution in [0.15, 0.2) is 42.5 Å². The van der Waals surface area contributed by atoms with Gasteiger partial charge in [-0.25, -0.2) is 0 Å². The summed E-state index contributed by atoms with van der Waals surface area (Å²) in [6, 6.07) is 12.9. The number of nitrogens with one attached hydrogen (secondary N) is 2. The minimum Gasteiger partial charge on any atom is -0.381 e. The molecule has 1 saturated heterocycles. The molecular formula is C26H25B7N4O4. The van der Waals surface area contributed by atoms with Crippen molar-refractivity contribution in [1.82, 2.24) is 15.1 Å². The number of carbonyl (C=O) groups is 3. The molecule has 194 valence electrons. The van der Waals surface area contributed by atoms with Gasteiger partial charge >= 0.3 is 0 Å². The summed E-state index contributed by atoms with van der Waals surface area (Å²) in [7, 11) is 44.8. The molecule has 0 aromatic heterocycles. The van der Waals surface area contributed by atoms with Crippen LogP contribution in [0.2, 0.25) is 10.4 Å². The van der Waals surface area contributed by atoms with Crippen LogP contribution < -0.4 is 10.6 Å². The molecular weight excluding hydrogens is 508 g/mol. The standard InChI is InChI=1S/C26H25B7N4O4/c1-34-22(40)24(29,26(32,33)23(27,28)15-38)37-21(39)18-3-2-4-19(20(18)25(37,30)31)35-13-16-5-7-17(8-6-16)14-36-9-11-41-12-10-36/h2-8,15,35H,9-14H2,1H3,(H,34,40). The lowest BCUT2D eigenvalue weighted by molar-refractivity contribution is -0.129. The number of hydrogen-bond acceptors (Lipinski definition) is 6. The summed E-state index contributed by atoms with van der Waals surface area (Å²) in [6.07, 6.45) is 0.0269. The first-order chi connectivity index (χ1) is 19.2. The van der Waals surface area contributed by atoms with Crippen LogP contribution in [0.5, 0.6) is 0 Å². The molecule has 14 radical (unpaired) electrons. The number of fused-ring (bicyclic) bond motifs is 1. The van der Waals surface area contributed by atoms with Gasteiger partial charge in [0.15, 0.2) is 0 Å². The van der Waals surface area contributed by atoms with E-state index in [0.717, 1.165) is 38.4 Å². The Balaban J connectivity index is 1.63. The van der Waals surface area contributed by atoms with E-state index in [4.69, 9.17) is 59.7 Å². The molecule has 2 aliphatic heterocycles. The van der Waals surface area contributed by atoms with Crippen LogP contribution in [-0.4, -0.2) is 122 Å². The van der Waals surface area contributed by atoms with Gasteiger partial charge in [0.1, 0.15) is 14.1 Å². The number of carbonyl (C=O) groups excluding carboxylic acids is 3. The van der Waals surface area contributed by atoms with Gasteiger partial charge in [0.25, 0.3) is 5.91 Å². The molecule has 4 rings (SSSR count). The summed E-state index contributed by atoms with van der Waals surface area (Å²) in [6.45, 7) is 4.44. The number of benzene rings is 2. The van der Waals surface area contributed by atoms with Gasteiger partial charge in [-0.2, -0.15) is 0 Å². The molecule has 2 amide bonds. The molecule has 2 aromatic rings. The van der Waals surface area contributed by atoms with Gasteiger partial charge in [-0.05, 0) is 34.2 Å². The molecule has 1 atom stereocenters. The molecule has 2 heterocycles. The Morgan fingerprint density at radius 3 is 2.22 bits per heavy atom. The summed E-state index contributed by atoms with van der Waals surface area (Å²) in [5, 5.41) is -2.01. The Bertz CT molecular complexity index is 1320. The number of hydrogen-bond donors (Lipinski definition) is 2. The van der Waals surface area contributed by atoms with E-state index < -0.39 is 33.0 Å². The number of aldehydes is 1. The highest BCUT2D eigenvalue weighted by Crippen LogP contribution is 2.55. The van der Waals surface area contributed by atoms with E-state index in [1.807, 2.05) is 12.1 Å². The van der Waals surface area contributed by atoms with Gasteiger partial charge in [-0.1, -0.05) is 40.8 Å². The zero-order chi connectivity index (χ0) is 30.2. The fourth-order valence-corrected chi connectivity index (χ4v) is 5.23. The van der Waals surface area contributed by atoms with Crippen molar-refractivity contribution in [2.45, 2.75) is 34.3 Å². The monoisotopic (exact) mass is 534 g/mol. The maximum absolute atomic E-state index is 13.8. The van der Waals surface area contributed by atoms with E-state index in [9.17, 15) is 14.4 Å². The van der Waals surface area contributed by atoms with Crippen LogP contribution in [0.4, 0.5) is 5.69 Å². The van der Waals surface area contributed by atoms with Crippen LogP contribution in [0.3, 0.4) is 0 Å². The summed E-state index contributed by atoms with van der Waals surface area (Å²) in [5.41, 5.74) is -0.0683. The normalized spacial score (nSPS) is 18.8. The minimum absolute atomic E-state index is 0.0269. The molecule has 2 N–H and O–H groups in total. The number of ether oxygens (including phenoxy) is 1. The Morgan fingerprint density at radius 2 is 1.63 bits per heavy atom. The van der Waals surface area contributed by atoms with Crippen molar-refractivity contribution in [3.05, 3.63) is 64.7 Å². The van der Waals surface area contributed by atoms with Gasteiger partial charge in [-0.3, -0.25) is 14.5 Å². The third-order valence-electron chi connectivity index (χ3n) is 7.75. The number of anilines is 1. The van der Waals surface area contributed by atoms with Gasteiger partial charge < -0.3 is 25.1 Å². The van der Waals surface area contributed by atoms with Crippen LogP contribution >= 0.6 is 0 Å². The van der Waals surface area contributed by atoms with E-state index in [0.29, 0.717) is 17.1 Å². The average Bonchev–Trinajstić information content (AvgIpc) is 3.17. The SMILES string of the molecule is [B]C1([B])c2c(NCc3ccc(CN4CCOCC4)cc3)cccc2C(=O)N1C([B])(C(=O)NC)C([B])([B])C([B])([B])C=O. The van der Waals surface area contributed by atoms with Crippen LogP contribution in [0, 0.1) is 0 Å². The summed E-state index contributed by atoms with van der Waals surface area (Å²) in [5.74, 6) is -1.97. The van der Waals surface area contributed by atoms with Crippen molar-refractivity contribution in [1.29, 1.82) is 0 Å². The zero-order valence-corrected chi connectivity index (χ0v) is 22.9. The summed E-state index contributed by atoms with van der Waals surface area (Å²) in [4.78, 5) is 41.6. The quantitative estimate of drug-likeness (QED) is 0.293. The zero-order valence-electron chi connectivity index (χ0n) is 22.9. The van der Waals surface area contributed by atoms with E-state index >= 15 is 0 Å². The number of nitrogens with zero attached hydrogens (tertiary/aromatic N) is 2. The van der Waals surface area contributed by atoms with Crippen molar-refractivity contribution in [3.63, 3.8) is 0 Å². The average molecular weight is 533 g/mol. The molecule has 8 nitrogen and oxygen atoms in total. The first-order valence-corrected chi connectivity index (χ1v) is 13.0. The van der Waals surface area contributed by atoms with Gasteiger partial charge in [0.05, 0.1) is 65.7 Å². The maximum Gasteiger partial charge on any atom is 0.253 e. The molecule has 41 heavy (non-hydrogen) atoms. The molecule has 0 aliphatic carbocycles. The lowest BCUT2D eigenvalue weighted by atomic mass is 9.22. The Kier molecular flexibility index (Phi) is 8.73. The Labute approximate surface area is 250 Å². The lowest BCUT2D eigenvalue weighted by Gasteiger charge is -2.60. The van der Waals surface area contributed by atoms with Crippen molar-refractivity contribution < 1.29 is 19.1 Å². The van der Waals surface area contributed by atoms with E-state index in [-0.39, 0.29) is 17.4 Å². The minimum atomic E-state index is -2.78. The van der Waals surface area contributed by atoms with E-state index in [1.54, 1.807) is 12.1 Å². The topological polar surface area (TPSA) is 91.0 Å². The number of amides is 2. The highest BCUT2D eigenvalue weighted by atomic mass is 16.5. The maximum atomic E-state index is 13.8. The third-order valence-corrected chi connectivity index (χ3v) is 7.75.